The molecule has 0 unspecified atom stereocenters. The van der Waals surface area contributed by atoms with Crippen LogP contribution in [0, 0.1) is 0 Å². The fourth-order valence-corrected chi connectivity index (χ4v) is 1.86. The molecule has 166 valence electrons. The molecule has 0 atom stereocenters. The second-order valence-corrected chi connectivity index (χ2v) is 6.02. The lowest BCUT2D eigenvalue weighted by molar-refractivity contribution is 0.112. The largest absolute Gasteiger partial charge is 0.507 e. The first-order valence-electron chi connectivity index (χ1n) is 9.88. The Morgan fingerprint density at radius 2 is 1.52 bits per heavy atom. The van der Waals surface area contributed by atoms with Crippen LogP contribution in [0.15, 0.2) is 30.3 Å². The number of aromatic hydroxyl groups is 1. The molecule has 29 heavy (non-hydrogen) atoms. The Bertz CT molecular complexity index is 696. The van der Waals surface area contributed by atoms with Crippen molar-refractivity contribution in [2.75, 3.05) is 16.6 Å². The molecule has 6 nitrogen and oxygen atoms in total. The van der Waals surface area contributed by atoms with Crippen molar-refractivity contribution in [3.63, 3.8) is 0 Å². The molecule has 0 fully saturated rings. The van der Waals surface area contributed by atoms with Gasteiger partial charge in [0.2, 0.25) is 0 Å². The van der Waals surface area contributed by atoms with Crippen LogP contribution in [0.2, 0.25) is 0 Å². The molecule has 0 spiro atoms. The monoisotopic (exact) mass is 406 g/mol. The summed E-state index contributed by atoms with van der Waals surface area (Å²) >= 11 is 0. The molecule has 2 aromatic rings. The molecule has 5 N–H and O–H groups in total. The molecular formula is C23H42N4O2. The van der Waals surface area contributed by atoms with Gasteiger partial charge in [-0.15, -0.1) is 0 Å². The molecule has 0 aliphatic rings. The van der Waals surface area contributed by atoms with E-state index in [1.54, 1.807) is 6.07 Å². The summed E-state index contributed by atoms with van der Waals surface area (Å²) in [6.45, 7) is 18.2. The van der Waals surface area contributed by atoms with Gasteiger partial charge in [-0.05, 0) is 30.3 Å². The molecule has 0 amide bonds. The Morgan fingerprint density at radius 1 is 0.966 bits per heavy atom. The van der Waals surface area contributed by atoms with E-state index in [0.717, 1.165) is 5.69 Å². The zero-order valence-corrected chi connectivity index (χ0v) is 18.8. The van der Waals surface area contributed by atoms with Crippen molar-refractivity contribution >= 4 is 23.5 Å². The summed E-state index contributed by atoms with van der Waals surface area (Å²) in [6.07, 6.45) is 0.592. The van der Waals surface area contributed by atoms with Gasteiger partial charge in [0.1, 0.15) is 11.6 Å². The number of carbonyl (C=O) groups excluding carboxylic acids is 1. The van der Waals surface area contributed by atoms with Crippen LogP contribution in [0.5, 0.6) is 5.75 Å². The van der Waals surface area contributed by atoms with Gasteiger partial charge < -0.3 is 16.3 Å². The molecule has 1 aromatic carbocycles. The number of nitrogens with one attached hydrogen (secondary N) is 2. The van der Waals surface area contributed by atoms with E-state index in [4.69, 9.17) is 5.73 Å². The van der Waals surface area contributed by atoms with Gasteiger partial charge in [-0.2, -0.15) is 0 Å². The van der Waals surface area contributed by atoms with E-state index < -0.39 is 0 Å². The fraction of sp³-hybridized carbons (Fsp3) is 0.478. The second-order valence-electron chi connectivity index (χ2n) is 6.02. The lowest BCUT2D eigenvalue weighted by Gasteiger charge is -2.19. The number of phenolic OH excluding ortho intramolecular Hbond substituents is 1. The van der Waals surface area contributed by atoms with Crippen LogP contribution in [0.25, 0.3) is 0 Å². The van der Waals surface area contributed by atoms with Gasteiger partial charge in [0.15, 0.2) is 6.29 Å². The third kappa shape index (κ3) is 10.4. The van der Waals surface area contributed by atoms with Crippen LogP contribution >= 0.6 is 0 Å². The molecule has 0 radical (unpaired) electrons. The van der Waals surface area contributed by atoms with Crippen LogP contribution in [-0.2, 0) is 5.41 Å². The van der Waals surface area contributed by atoms with Crippen LogP contribution in [-0.4, -0.2) is 16.4 Å². The fourth-order valence-electron chi connectivity index (χ4n) is 1.86. The Hall–Kier alpha value is -2.76. The Labute approximate surface area is 177 Å². The van der Waals surface area contributed by atoms with E-state index in [1.807, 2.05) is 53.7 Å². The van der Waals surface area contributed by atoms with Gasteiger partial charge in [0, 0.05) is 11.1 Å². The van der Waals surface area contributed by atoms with E-state index in [9.17, 15) is 9.90 Å². The first-order valence-corrected chi connectivity index (χ1v) is 9.88. The number of hydrazine groups is 1. The smallest absolute Gasteiger partial charge is 0.153 e. The number of nitrogen functional groups attached to an aromatic ring is 1. The number of benzene rings is 1. The number of aldehydes is 1. The summed E-state index contributed by atoms with van der Waals surface area (Å²) in [5.41, 5.74) is 14.1. The summed E-state index contributed by atoms with van der Waals surface area (Å²) < 4.78 is 0. The van der Waals surface area contributed by atoms with Crippen LogP contribution in [0.3, 0.4) is 0 Å². The number of anilines is 3. The third-order valence-electron chi connectivity index (χ3n) is 3.19. The van der Waals surface area contributed by atoms with Crippen molar-refractivity contribution in [1.29, 1.82) is 0 Å². The van der Waals surface area contributed by atoms with Crippen molar-refractivity contribution in [2.45, 2.75) is 75.2 Å². The first kappa shape index (κ1) is 31.0. The SMILES string of the molecule is C.CC.CC.CC.CC(C)(C)c1ccc(NNc2ccc(O)c(C=O)c2)c(N)n1. The minimum absolute atomic E-state index is 0. The number of phenols is 1. The number of hydrogen-bond donors (Lipinski definition) is 4. The Kier molecular flexibility index (Phi) is 17.3. The van der Waals surface area contributed by atoms with Gasteiger partial charge in [0.25, 0.3) is 0 Å². The molecule has 6 heteroatoms. The molecule has 1 heterocycles. The van der Waals surface area contributed by atoms with E-state index in [0.29, 0.717) is 23.5 Å². The van der Waals surface area contributed by atoms with Crippen molar-refractivity contribution in [3.8, 4) is 5.75 Å². The van der Waals surface area contributed by atoms with E-state index >= 15 is 0 Å². The van der Waals surface area contributed by atoms with Crippen molar-refractivity contribution in [3.05, 3.63) is 41.6 Å². The van der Waals surface area contributed by atoms with Gasteiger partial charge in [-0.1, -0.05) is 69.7 Å². The summed E-state index contributed by atoms with van der Waals surface area (Å²) in [5, 5.41) is 9.46. The van der Waals surface area contributed by atoms with Gasteiger partial charge >= 0.3 is 0 Å². The quantitative estimate of drug-likeness (QED) is 0.258. The van der Waals surface area contributed by atoms with Gasteiger partial charge in [0.05, 0.1) is 16.9 Å². The zero-order valence-electron chi connectivity index (χ0n) is 18.8. The van der Waals surface area contributed by atoms with E-state index in [-0.39, 0.29) is 24.2 Å². The van der Waals surface area contributed by atoms with Crippen molar-refractivity contribution in [2.24, 2.45) is 0 Å². The lowest BCUT2D eigenvalue weighted by atomic mass is 9.91. The summed E-state index contributed by atoms with van der Waals surface area (Å²) in [7, 11) is 0. The maximum absolute atomic E-state index is 10.8. The molecular weight excluding hydrogens is 364 g/mol. The number of rotatable bonds is 4. The average Bonchev–Trinajstić information content (AvgIpc) is 2.72. The Balaban J connectivity index is -0.000000883. The summed E-state index contributed by atoms with van der Waals surface area (Å²) in [6, 6.07) is 8.37. The maximum atomic E-state index is 10.8. The molecule has 0 saturated heterocycles. The Morgan fingerprint density at radius 3 is 1.97 bits per heavy atom. The van der Waals surface area contributed by atoms with Crippen LogP contribution in [0.4, 0.5) is 17.2 Å². The maximum Gasteiger partial charge on any atom is 0.153 e. The predicted molar refractivity (Wildman–Crippen MR) is 129 cm³/mol. The predicted octanol–water partition coefficient (Wildman–Crippen LogP) is 6.63. The van der Waals surface area contributed by atoms with Gasteiger partial charge in [-0.3, -0.25) is 10.2 Å². The van der Waals surface area contributed by atoms with Crippen LogP contribution in [0.1, 0.15) is 85.8 Å². The van der Waals surface area contributed by atoms with E-state index in [1.165, 1.54) is 12.1 Å². The standard InChI is InChI=1S/C16H20N4O2.3C2H6.CH4/c1-16(2,3)14-7-5-12(15(17)18-14)20-19-11-4-6-13(22)10(8-11)9-21;3*1-2;/h4-9,19-20,22H,1-3H3,(H2,17,18);3*1-2H3;1H4. The molecule has 0 aliphatic heterocycles. The number of hydrogen-bond acceptors (Lipinski definition) is 6. The first-order chi connectivity index (χ1) is 13.3. The number of aromatic nitrogens is 1. The highest BCUT2D eigenvalue weighted by molar-refractivity contribution is 5.81. The number of carbonyl (C=O) groups is 1. The highest BCUT2D eigenvalue weighted by atomic mass is 16.3. The number of nitrogens with two attached hydrogens (primary N) is 1. The minimum Gasteiger partial charge on any atom is -0.507 e. The molecule has 0 saturated carbocycles. The average molecular weight is 407 g/mol. The zero-order chi connectivity index (χ0) is 22.3. The number of pyridine rings is 1. The lowest BCUT2D eigenvalue weighted by Crippen LogP contribution is -2.16. The molecule has 0 bridgehead atoms. The molecule has 2 rings (SSSR count). The molecule has 1 aromatic heterocycles. The van der Waals surface area contributed by atoms with Crippen LogP contribution < -0.4 is 16.6 Å². The highest BCUT2D eigenvalue weighted by Gasteiger charge is 2.16. The number of nitrogens with zero attached hydrogens (tertiary/aromatic N) is 1. The highest BCUT2D eigenvalue weighted by Crippen LogP contribution is 2.25. The molecule has 0 aliphatic carbocycles. The minimum atomic E-state index is -0.0735. The summed E-state index contributed by atoms with van der Waals surface area (Å²) in [4.78, 5) is 15.2. The second kappa shape index (κ2) is 16.2. The van der Waals surface area contributed by atoms with Crippen molar-refractivity contribution in [1.82, 2.24) is 4.98 Å². The third-order valence-corrected chi connectivity index (χ3v) is 3.19. The van der Waals surface area contributed by atoms with Crippen molar-refractivity contribution < 1.29 is 9.90 Å². The summed E-state index contributed by atoms with van der Waals surface area (Å²) in [5.74, 6) is 0.325. The normalized spacial score (nSPS) is 9.00. The van der Waals surface area contributed by atoms with E-state index in [2.05, 4.69) is 36.6 Å². The van der Waals surface area contributed by atoms with Gasteiger partial charge in [-0.25, -0.2) is 4.98 Å². The topological polar surface area (TPSA) is 100 Å².